The molecule has 0 bridgehead atoms. The number of aliphatic hydroxyl groups is 2. The number of nitrogens with zero attached hydrogens (tertiary/aromatic N) is 1. The van der Waals surface area contributed by atoms with E-state index in [4.69, 9.17) is 16.6 Å². The fourth-order valence-corrected chi connectivity index (χ4v) is 4.27. The third kappa shape index (κ3) is 5.08. The zero-order chi connectivity index (χ0) is 23.6. The number of nitrogen functional groups attached to an aromatic ring is 1. The lowest BCUT2D eigenvalue weighted by molar-refractivity contribution is 0.000336. The van der Waals surface area contributed by atoms with Gasteiger partial charge in [-0.15, -0.1) is 0 Å². The molecule has 1 fully saturated rings. The first-order chi connectivity index (χ1) is 15.0. The van der Waals surface area contributed by atoms with Crippen molar-refractivity contribution in [2.24, 2.45) is 0 Å². The van der Waals surface area contributed by atoms with Gasteiger partial charge in [0.05, 0.1) is 17.4 Å². The topological polar surface area (TPSA) is 134 Å². The summed E-state index contributed by atoms with van der Waals surface area (Å²) in [6, 6.07) is 11.3. The number of carbonyl (C=O) groups is 1. The maximum absolute atomic E-state index is 12.9. The van der Waals surface area contributed by atoms with Gasteiger partial charge in [0.1, 0.15) is 11.5 Å². The minimum absolute atomic E-state index is 0.00234. The van der Waals surface area contributed by atoms with Crippen molar-refractivity contribution in [3.05, 3.63) is 75.5 Å². The number of hydrogen-bond acceptors (Lipinski definition) is 6. The number of benzene rings is 2. The van der Waals surface area contributed by atoms with E-state index >= 15 is 0 Å². The molecule has 1 heterocycles. The minimum Gasteiger partial charge on any atom is -0.506 e. The number of anilines is 1. The number of carbonyl (C=O) groups excluding carboxylic acids is 1. The number of nitrogens with two attached hydrogens (primary N) is 1. The first-order valence-corrected chi connectivity index (χ1v) is 11.1. The summed E-state index contributed by atoms with van der Waals surface area (Å²) in [5, 5.41) is 37.1. The summed E-state index contributed by atoms with van der Waals surface area (Å²) in [5.74, 6) is -0.534. The highest BCUT2D eigenvalue weighted by Crippen LogP contribution is 2.28. The summed E-state index contributed by atoms with van der Waals surface area (Å²) in [7, 11) is 0. The summed E-state index contributed by atoms with van der Waals surface area (Å²) < 4.78 is 0.764. The fraction of sp³-hybridized carbons (Fsp3) is 0.292. The SMILES string of the molecule is CC(C)(O)[C@@H]1CCCN1C(=O)c1ccc(C(=N)/C=C(\O)C(=N)c2ccc(Br)cc2N)cc1. The lowest BCUT2D eigenvalue weighted by Gasteiger charge is -2.33. The van der Waals surface area contributed by atoms with Crippen molar-refractivity contribution in [3.8, 4) is 0 Å². The van der Waals surface area contributed by atoms with Crippen LogP contribution in [0, 0.1) is 10.8 Å². The van der Waals surface area contributed by atoms with Crippen molar-refractivity contribution in [2.75, 3.05) is 12.3 Å². The molecule has 3 rings (SSSR count). The van der Waals surface area contributed by atoms with E-state index in [2.05, 4.69) is 15.9 Å². The van der Waals surface area contributed by atoms with Crippen molar-refractivity contribution in [2.45, 2.75) is 38.3 Å². The Balaban J connectivity index is 1.74. The second kappa shape index (κ2) is 9.26. The predicted molar refractivity (Wildman–Crippen MR) is 130 cm³/mol. The van der Waals surface area contributed by atoms with Crippen LogP contribution in [0.1, 0.15) is 48.2 Å². The molecule has 0 radical (unpaired) electrons. The summed E-state index contributed by atoms with van der Waals surface area (Å²) in [5.41, 5.74) is 6.43. The third-order valence-electron chi connectivity index (χ3n) is 5.59. The molecule has 32 heavy (non-hydrogen) atoms. The number of rotatable bonds is 6. The van der Waals surface area contributed by atoms with Crippen molar-refractivity contribution < 1.29 is 15.0 Å². The Kier molecular flexibility index (Phi) is 6.85. The molecule has 168 valence electrons. The lowest BCUT2D eigenvalue weighted by atomic mass is 9.96. The van der Waals surface area contributed by atoms with Crippen molar-refractivity contribution in [1.29, 1.82) is 10.8 Å². The van der Waals surface area contributed by atoms with Gasteiger partial charge in [-0.05, 0) is 62.6 Å². The van der Waals surface area contributed by atoms with E-state index in [0.717, 1.165) is 17.3 Å². The Morgan fingerprint density at radius 1 is 1.19 bits per heavy atom. The van der Waals surface area contributed by atoms with Gasteiger partial charge in [-0.25, -0.2) is 0 Å². The molecule has 1 aliphatic heterocycles. The van der Waals surface area contributed by atoms with E-state index in [1.807, 2.05) is 0 Å². The van der Waals surface area contributed by atoms with Gasteiger partial charge in [0.25, 0.3) is 5.91 Å². The second-order valence-electron chi connectivity index (χ2n) is 8.44. The Morgan fingerprint density at radius 3 is 2.41 bits per heavy atom. The van der Waals surface area contributed by atoms with Crippen LogP contribution in [0.5, 0.6) is 0 Å². The quantitative estimate of drug-likeness (QED) is 0.230. The molecular formula is C24H27BrN4O3. The summed E-state index contributed by atoms with van der Waals surface area (Å²) in [6.07, 6.45) is 2.80. The number of hydrogen-bond donors (Lipinski definition) is 5. The standard InChI is InChI=1S/C24H27BrN4O3/c1-24(2,32)21-4-3-11-29(21)23(31)15-7-5-14(6-8-15)18(26)13-20(30)22(28)17-10-9-16(25)12-19(17)27/h5-10,12-13,21,26,28,30,32H,3-4,11,27H2,1-2H3/b20-13-,26-18?,28-22?/t21-/m0/s1. The number of aliphatic hydroxyl groups excluding tert-OH is 1. The number of halogens is 1. The molecule has 1 atom stereocenters. The van der Waals surface area contributed by atoms with Gasteiger partial charge in [-0.2, -0.15) is 0 Å². The van der Waals surface area contributed by atoms with Gasteiger partial charge >= 0.3 is 0 Å². The highest BCUT2D eigenvalue weighted by atomic mass is 79.9. The van der Waals surface area contributed by atoms with Crippen molar-refractivity contribution in [3.63, 3.8) is 0 Å². The molecule has 1 amide bonds. The number of nitrogens with one attached hydrogen (secondary N) is 2. The highest BCUT2D eigenvalue weighted by molar-refractivity contribution is 9.10. The van der Waals surface area contributed by atoms with Crippen molar-refractivity contribution >= 4 is 38.9 Å². The summed E-state index contributed by atoms with van der Waals surface area (Å²) in [4.78, 5) is 14.6. The van der Waals surface area contributed by atoms with E-state index in [1.54, 1.807) is 61.2 Å². The maximum atomic E-state index is 12.9. The lowest BCUT2D eigenvalue weighted by Crippen LogP contribution is -2.48. The number of amides is 1. The summed E-state index contributed by atoms with van der Waals surface area (Å²) >= 11 is 3.30. The van der Waals surface area contributed by atoms with Gasteiger partial charge < -0.3 is 26.3 Å². The molecule has 0 spiro atoms. The Bertz CT molecular complexity index is 1090. The van der Waals surface area contributed by atoms with E-state index < -0.39 is 5.60 Å². The average Bonchev–Trinajstić information content (AvgIpc) is 3.23. The van der Waals surface area contributed by atoms with E-state index in [9.17, 15) is 15.0 Å². The van der Waals surface area contributed by atoms with Crippen LogP contribution >= 0.6 is 15.9 Å². The highest BCUT2D eigenvalue weighted by Gasteiger charge is 2.38. The molecule has 1 aliphatic rings. The molecule has 6 N–H and O–H groups in total. The van der Waals surface area contributed by atoms with Crippen LogP contribution in [0.15, 0.2) is 58.8 Å². The molecule has 2 aromatic rings. The Morgan fingerprint density at radius 2 is 1.81 bits per heavy atom. The largest absolute Gasteiger partial charge is 0.506 e. The normalized spacial score (nSPS) is 16.8. The van der Waals surface area contributed by atoms with Gasteiger partial charge in [-0.3, -0.25) is 10.2 Å². The van der Waals surface area contributed by atoms with Gasteiger partial charge in [0.2, 0.25) is 0 Å². The first kappa shape index (κ1) is 23.7. The van der Waals surface area contributed by atoms with E-state index in [0.29, 0.717) is 28.9 Å². The Labute approximate surface area is 195 Å². The molecule has 2 aromatic carbocycles. The second-order valence-corrected chi connectivity index (χ2v) is 9.35. The van der Waals surface area contributed by atoms with Crippen molar-refractivity contribution in [1.82, 2.24) is 4.90 Å². The smallest absolute Gasteiger partial charge is 0.254 e. The number of allylic oxidation sites excluding steroid dienone is 2. The molecule has 0 saturated carbocycles. The van der Waals surface area contributed by atoms with Gasteiger partial charge in [0.15, 0.2) is 0 Å². The van der Waals surface area contributed by atoms with Gasteiger partial charge in [-0.1, -0.05) is 28.1 Å². The summed E-state index contributed by atoms with van der Waals surface area (Å²) in [6.45, 7) is 4.03. The minimum atomic E-state index is -0.973. The molecule has 7 nitrogen and oxygen atoms in total. The molecule has 8 heteroatoms. The number of likely N-dealkylation sites (tertiary alicyclic amines) is 1. The third-order valence-corrected chi connectivity index (χ3v) is 6.09. The Hall–Kier alpha value is -2.97. The van der Waals surface area contributed by atoms with Crippen LogP contribution in [0.4, 0.5) is 5.69 Å². The maximum Gasteiger partial charge on any atom is 0.254 e. The first-order valence-electron chi connectivity index (χ1n) is 10.3. The predicted octanol–water partition coefficient (Wildman–Crippen LogP) is 4.28. The van der Waals surface area contributed by atoms with Crippen LogP contribution in [0.25, 0.3) is 0 Å². The molecule has 0 aliphatic carbocycles. The van der Waals surface area contributed by atoms with Crippen LogP contribution in [-0.2, 0) is 0 Å². The monoisotopic (exact) mass is 498 g/mol. The zero-order valence-electron chi connectivity index (χ0n) is 18.0. The van der Waals surface area contributed by atoms with E-state index in [-0.39, 0.29) is 29.1 Å². The molecule has 0 unspecified atom stereocenters. The van der Waals surface area contributed by atoms with Gasteiger partial charge in [0, 0.05) is 33.9 Å². The van der Waals surface area contributed by atoms with Crippen LogP contribution < -0.4 is 5.73 Å². The average molecular weight is 499 g/mol. The fourth-order valence-electron chi connectivity index (χ4n) is 3.89. The molecule has 1 saturated heterocycles. The van der Waals surface area contributed by atoms with Crippen LogP contribution in [0.2, 0.25) is 0 Å². The molecule has 0 aromatic heterocycles. The zero-order valence-corrected chi connectivity index (χ0v) is 19.6. The van der Waals surface area contributed by atoms with E-state index in [1.165, 1.54) is 6.08 Å². The van der Waals surface area contributed by atoms with Crippen LogP contribution in [-0.4, -0.2) is 50.6 Å². The van der Waals surface area contributed by atoms with Crippen LogP contribution in [0.3, 0.4) is 0 Å². The molecular weight excluding hydrogens is 472 g/mol.